The Kier molecular flexibility index (Phi) is 5.83. The monoisotopic (exact) mass is 475 g/mol. The highest BCUT2D eigenvalue weighted by atomic mass is 32.1. The second-order valence-electron chi connectivity index (χ2n) is 8.12. The first-order chi connectivity index (χ1) is 16.6. The summed E-state index contributed by atoms with van der Waals surface area (Å²) in [6, 6.07) is 7.27. The molecule has 4 aromatic rings. The molecule has 0 aliphatic heterocycles. The Balaban J connectivity index is 1.72. The Morgan fingerprint density at radius 2 is 1.68 bits per heavy atom. The number of aromatic nitrogens is 2. The van der Waals surface area contributed by atoms with Crippen molar-refractivity contribution in [3.63, 3.8) is 0 Å². The summed E-state index contributed by atoms with van der Waals surface area (Å²) in [5.41, 5.74) is 12.0. The second kappa shape index (κ2) is 8.95. The lowest BCUT2D eigenvalue weighted by Crippen LogP contribution is -2.08. The van der Waals surface area contributed by atoms with Crippen molar-refractivity contribution in [1.29, 1.82) is 0 Å². The van der Waals surface area contributed by atoms with E-state index in [2.05, 4.69) is 4.98 Å². The molecular formula is C26H25N3O4S. The fourth-order valence-electron chi connectivity index (χ4n) is 4.66. The zero-order chi connectivity index (χ0) is 23.8. The van der Waals surface area contributed by atoms with Crippen LogP contribution in [-0.4, -0.2) is 37.1 Å². The maximum absolute atomic E-state index is 13.7. The molecule has 0 bridgehead atoms. The number of rotatable bonds is 6. The number of fused-ring (bicyclic) bond motifs is 2. The second-order valence-corrected chi connectivity index (χ2v) is 9.12. The van der Waals surface area contributed by atoms with E-state index in [1.807, 2.05) is 12.1 Å². The minimum absolute atomic E-state index is 0.210. The van der Waals surface area contributed by atoms with Gasteiger partial charge in [0.15, 0.2) is 11.5 Å². The number of nitrogens with two attached hydrogens (primary N) is 1. The Labute approximate surface area is 201 Å². The van der Waals surface area contributed by atoms with E-state index in [0.717, 1.165) is 52.7 Å². The number of benzene rings is 1. The quantitative estimate of drug-likeness (QED) is 0.389. The Bertz CT molecular complexity index is 1370. The largest absolute Gasteiger partial charge is 0.493 e. The van der Waals surface area contributed by atoms with Crippen molar-refractivity contribution in [2.24, 2.45) is 0 Å². The molecule has 3 heterocycles. The highest BCUT2D eigenvalue weighted by molar-refractivity contribution is 7.21. The van der Waals surface area contributed by atoms with Gasteiger partial charge in [0.1, 0.15) is 9.71 Å². The van der Waals surface area contributed by atoms with Crippen LogP contribution in [0.25, 0.3) is 21.3 Å². The lowest BCUT2D eigenvalue weighted by molar-refractivity contribution is 0.104. The normalized spacial score (nSPS) is 12.9. The Morgan fingerprint density at radius 3 is 2.32 bits per heavy atom. The van der Waals surface area contributed by atoms with E-state index in [-0.39, 0.29) is 5.78 Å². The molecule has 3 aromatic heterocycles. The number of aryl methyl sites for hydroxylation is 1. The topological polar surface area (TPSA) is 96.6 Å². The molecule has 0 fully saturated rings. The fraction of sp³-hybridized carbons (Fsp3) is 0.269. The molecule has 0 amide bonds. The minimum atomic E-state index is -0.210. The lowest BCUT2D eigenvalue weighted by atomic mass is 9.87. The number of ether oxygens (including phenoxy) is 3. The molecule has 0 unspecified atom stereocenters. The fourth-order valence-corrected chi connectivity index (χ4v) is 5.74. The van der Waals surface area contributed by atoms with Gasteiger partial charge >= 0.3 is 0 Å². The van der Waals surface area contributed by atoms with Gasteiger partial charge < -0.3 is 19.9 Å². The van der Waals surface area contributed by atoms with E-state index in [0.29, 0.717) is 33.4 Å². The summed E-state index contributed by atoms with van der Waals surface area (Å²) in [7, 11) is 4.57. The molecule has 1 aromatic carbocycles. The molecule has 0 spiro atoms. The van der Waals surface area contributed by atoms with Crippen LogP contribution in [-0.2, 0) is 12.8 Å². The molecular weight excluding hydrogens is 450 g/mol. The number of nitrogen functional groups attached to an aromatic ring is 1. The van der Waals surface area contributed by atoms with Gasteiger partial charge in [0.25, 0.3) is 0 Å². The van der Waals surface area contributed by atoms with Gasteiger partial charge in [-0.1, -0.05) is 0 Å². The number of methoxy groups -OCH3 is 3. The smallest absolute Gasteiger partial charge is 0.205 e. The van der Waals surface area contributed by atoms with Crippen LogP contribution in [0.15, 0.2) is 36.7 Å². The van der Waals surface area contributed by atoms with E-state index in [1.165, 1.54) is 38.2 Å². The molecule has 0 atom stereocenters. The Hall–Kier alpha value is -3.65. The van der Waals surface area contributed by atoms with Gasteiger partial charge in [0, 0.05) is 29.0 Å². The van der Waals surface area contributed by atoms with Crippen LogP contribution in [0.5, 0.6) is 17.2 Å². The average molecular weight is 476 g/mol. The highest BCUT2D eigenvalue weighted by Crippen LogP contribution is 2.45. The van der Waals surface area contributed by atoms with Crippen molar-refractivity contribution < 1.29 is 19.0 Å². The molecule has 34 heavy (non-hydrogen) atoms. The third kappa shape index (κ3) is 3.54. The summed E-state index contributed by atoms with van der Waals surface area (Å²) in [5.74, 6) is 1.05. The summed E-state index contributed by atoms with van der Waals surface area (Å²) in [5, 5.41) is 0.840. The highest BCUT2D eigenvalue weighted by Gasteiger charge is 2.27. The van der Waals surface area contributed by atoms with E-state index in [4.69, 9.17) is 24.9 Å². The van der Waals surface area contributed by atoms with Crippen LogP contribution in [0.4, 0.5) is 5.69 Å². The van der Waals surface area contributed by atoms with E-state index >= 15 is 0 Å². The average Bonchev–Trinajstić information content (AvgIpc) is 3.21. The van der Waals surface area contributed by atoms with Crippen molar-refractivity contribution in [2.75, 3.05) is 27.1 Å². The van der Waals surface area contributed by atoms with Crippen LogP contribution >= 0.6 is 11.3 Å². The van der Waals surface area contributed by atoms with Gasteiger partial charge in [-0.3, -0.25) is 9.78 Å². The molecule has 7 nitrogen and oxygen atoms in total. The minimum Gasteiger partial charge on any atom is -0.493 e. The first-order valence-electron chi connectivity index (χ1n) is 11.1. The number of ketones is 1. The van der Waals surface area contributed by atoms with Crippen LogP contribution in [0.2, 0.25) is 0 Å². The van der Waals surface area contributed by atoms with E-state index < -0.39 is 0 Å². The third-order valence-corrected chi connectivity index (χ3v) is 7.35. The maximum atomic E-state index is 13.7. The zero-order valence-electron chi connectivity index (χ0n) is 19.3. The van der Waals surface area contributed by atoms with Gasteiger partial charge in [0.05, 0.1) is 27.0 Å². The number of carbonyl (C=O) groups excluding carboxylic acids is 1. The number of pyridine rings is 2. The number of thiophene rings is 1. The molecule has 2 N–H and O–H groups in total. The van der Waals surface area contributed by atoms with Gasteiger partial charge in [-0.05, 0) is 66.6 Å². The predicted molar refractivity (Wildman–Crippen MR) is 133 cm³/mol. The molecule has 5 rings (SSSR count). The maximum Gasteiger partial charge on any atom is 0.205 e. The van der Waals surface area contributed by atoms with E-state index in [1.54, 1.807) is 24.5 Å². The third-order valence-electron chi connectivity index (χ3n) is 6.26. The van der Waals surface area contributed by atoms with Crippen LogP contribution in [0.3, 0.4) is 0 Å². The summed E-state index contributed by atoms with van der Waals surface area (Å²) < 4.78 is 16.3. The summed E-state index contributed by atoms with van der Waals surface area (Å²) in [6.45, 7) is 0. The van der Waals surface area contributed by atoms with Gasteiger partial charge in [-0.15, -0.1) is 11.3 Å². The first kappa shape index (κ1) is 22.2. The van der Waals surface area contributed by atoms with Crippen molar-refractivity contribution >= 4 is 33.0 Å². The van der Waals surface area contributed by atoms with Crippen LogP contribution in [0, 0.1) is 0 Å². The predicted octanol–water partition coefficient (Wildman–Crippen LogP) is 5.08. The molecule has 8 heteroatoms. The number of hydrogen-bond donors (Lipinski definition) is 1. The summed E-state index contributed by atoms with van der Waals surface area (Å²) in [4.78, 5) is 24.0. The Morgan fingerprint density at radius 1 is 1.00 bits per heavy atom. The van der Waals surface area contributed by atoms with Crippen LogP contribution in [0.1, 0.15) is 39.3 Å². The van der Waals surface area contributed by atoms with Gasteiger partial charge in [-0.2, -0.15) is 0 Å². The molecule has 0 saturated heterocycles. The lowest BCUT2D eigenvalue weighted by Gasteiger charge is -2.20. The van der Waals surface area contributed by atoms with E-state index in [9.17, 15) is 4.79 Å². The molecule has 1 aliphatic carbocycles. The zero-order valence-corrected chi connectivity index (χ0v) is 20.1. The van der Waals surface area contributed by atoms with Crippen molar-refractivity contribution in [2.45, 2.75) is 25.7 Å². The summed E-state index contributed by atoms with van der Waals surface area (Å²) >= 11 is 1.33. The van der Waals surface area contributed by atoms with Crippen molar-refractivity contribution in [3.05, 3.63) is 58.4 Å². The molecule has 1 aliphatic rings. The summed E-state index contributed by atoms with van der Waals surface area (Å²) in [6.07, 6.45) is 7.65. The van der Waals surface area contributed by atoms with Crippen molar-refractivity contribution in [3.8, 4) is 28.4 Å². The number of anilines is 1. The molecule has 174 valence electrons. The standard InChI is InChI=1S/C26H25N3O4S/c1-31-18-12-15(13-19(32-2)24(18)33-3)23(30)25-22(27)21-20(14-8-10-28-11-9-14)16-6-4-5-7-17(16)29-26(21)34-25/h8-13H,4-7,27H2,1-3H3. The number of carbonyl (C=O) groups is 1. The molecule has 0 saturated carbocycles. The SMILES string of the molecule is COc1cc(C(=O)c2sc3nc4c(c(-c5ccncc5)c3c2N)CCCC4)cc(OC)c1OC. The number of hydrogen-bond acceptors (Lipinski definition) is 8. The van der Waals surface area contributed by atoms with Crippen molar-refractivity contribution in [1.82, 2.24) is 9.97 Å². The van der Waals surface area contributed by atoms with Gasteiger partial charge in [-0.25, -0.2) is 4.98 Å². The number of nitrogens with zero attached hydrogens (tertiary/aromatic N) is 2. The molecule has 0 radical (unpaired) electrons. The first-order valence-corrected chi connectivity index (χ1v) is 11.9. The van der Waals surface area contributed by atoms with Crippen LogP contribution < -0.4 is 19.9 Å². The van der Waals surface area contributed by atoms with Gasteiger partial charge in [0.2, 0.25) is 11.5 Å².